The minimum Gasteiger partial charge on any atom is -0.493 e. The van der Waals surface area contributed by atoms with E-state index in [2.05, 4.69) is 32.3 Å². The normalized spacial score (nSPS) is 12.0. The summed E-state index contributed by atoms with van der Waals surface area (Å²) in [6.45, 7) is 0. The minimum atomic E-state index is 0.117. The summed E-state index contributed by atoms with van der Waals surface area (Å²) in [6.07, 6.45) is 4.47. The first-order chi connectivity index (χ1) is 10.2. The van der Waals surface area contributed by atoms with Crippen LogP contribution >= 0.6 is 15.9 Å². The van der Waals surface area contributed by atoms with Gasteiger partial charge in [-0.15, -0.1) is 0 Å². The maximum absolute atomic E-state index is 5.52. The van der Waals surface area contributed by atoms with Crippen LogP contribution in [0.5, 0.6) is 11.5 Å². The number of rotatable bonds is 6. The maximum Gasteiger partial charge on any atom is 0.165 e. The molecule has 1 heterocycles. The Balaban J connectivity index is 2.33. The van der Waals surface area contributed by atoms with Crippen molar-refractivity contribution in [2.45, 2.75) is 12.5 Å². The van der Waals surface area contributed by atoms with Crippen molar-refractivity contribution in [2.75, 3.05) is 21.3 Å². The first-order valence-corrected chi connectivity index (χ1v) is 7.46. The van der Waals surface area contributed by atoms with Crippen molar-refractivity contribution in [3.63, 3.8) is 0 Å². The standard InChI is InChI=1S/C16H19BrN2O2/c1-18-14(8-11-7-12(17)10-19-9-11)13-5-4-6-15(20-2)16(13)21-3/h4-7,9-10,14,18H,8H2,1-3H3. The highest BCUT2D eigenvalue weighted by Crippen LogP contribution is 2.35. The van der Waals surface area contributed by atoms with Gasteiger partial charge in [-0.3, -0.25) is 4.98 Å². The lowest BCUT2D eigenvalue weighted by Gasteiger charge is -2.21. The van der Waals surface area contributed by atoms with Crippen molar-refractivity contribution in [1.29, 1.82) is 0 Å². The van der Waals surface area contributed by atoms with Gasteiger partial charge in [-0.2, -0.15) is 0 Å². The molecule has 1 aromatic carbocycles. The van der Waals surface area contributed by atoms with Gasteiger partial charge in [0, 0.05) is 28.5 Å². The summed E-state index contributed by atoms with van der Waals surface area (Å²) in [6, 6.07) is 8.11. The zero-order valence-electron chi connectivity index (χ0n) is 12.4. The summed E-state index contributed by atoms with van der Waals surface area (Å²) in [7, 11) is 5.25. The van der Waals surface area contributed by atoms with Gasteiger partial charge in [0.25, 0.3) is 0 Å². The van der Waals surface area contributed by atoms with Gasteiger partial charge in [0.15, 0.2) is 11.5 Å². The molecule has 0 fully saturated rings. The SMILES string of the molecule is CNC(Cc1cncc(Br)c1)c1cccc(OC)c1OC. The summed E-state index contributed by atoms with van der Waals surface area (Å²) in [5.74, 6) is 1.50. The molecule has 0 saturated heterocycles. The van der Waals surface area contributed by atoms with Gasteiger partial charge in [-0.1, -0.05) is 12.1 Å². The number of likely N-dealkylation sites (N-methyl/N-ethyl adjacent to an activating group) is 1. The van der Waals surface area contributed by atoms with Crippen LogP contribution in [0.4, 0.5) is 0 Å². The molecule has 1 aromatic heterocycles. The zero-order chi connectivity index (χ0) is 15.2. The highest BCUT2D eigenvalue weighted by Gasteiger charge is 2.18. The molecule has 112 valence electrons. The molecule has 1 N–H and O–H groups in total. The van der Waals surface area contributed by atoms with E-state index in [1.165, 1.54) is 0 Å². The Kier molecular flexibility index (Phi) is 5.59. The predicted octanol–water partition coefficient (Wildman–Crippen LogP) is 3.36. The molecule has 1 unspecified atom stereocenters. The fourth-order valence-corrected chi connectivity index (χ4v) is 2.77. The third kappa shape index (κ3) is 3.74. The number of pyridine rings is 1. The number of methoxy groups -OCH3 is 2. The number of hydrogen-bond acceptors (Lipinski definition) is 4. The lowest BCUT2D eigenvalue weighted by molar-refractivity contribution is 0.347. The van der Waals surface area contributed by atoms with Crippen LogP contribution in [-0.4, -0.2) is 26.3 Å². The van der Waals surface area contributed by atoms with Crippen LogP contribution in [0.15, 0.2) is 41.1 Å². The monoisotopic (exact) mass is 350 g/mol. The average molecular weight is 351 g/mol. The van der Waals surface area contributed by atoms with Crippen LogP contribution in [0.25, 0.3) is 0 Å². The number of benzene rings is 1. The van der Waals surface area contributed by atoms with E-state index in [0.717, 1.165) is 33.5 Å². The quantitative estimate of drug-likeness (QED) is 0.867. The first-order valence-electron chi connectivity index (χ1n) is 6.67. The fourth-order valence-electron chi connectivity index (χ4n) is 2.36. The minimum absolute atomic E-state index is 0.117. The number of hydrogen-bond donors (Lipinski definition) is 1. The van der Waals surface area contributed by atoms with E-state index < -0.39 is 0 Å². The van der Waals surface area contributed by atoms with E-state index in [4.69, 9.17) is 9.47 Å². The molecule has 4 nitrogen and oxygen atoms in total. The van der Waals surface area contributed by atoms with Gasteiger partial charge in [0.1, 0.15) is 0 Å². The lowest BCUT2D eigenvalue weighted by atomic mass is 9.98. The van der Waals surface area contributed by atoms with Crippen molar-refractivity contribution in [1.82, 2.24) is 10.3 Å². The van der Waals surface area contributed by atoms with Crippen LogP contribution in [0.1, 0.15) is 17.2 Å². The first kappa shape index (κ1) is 15.8. The topological polar surface area (TPSA) is 43.4 Å². The average Bonchev–Trinajstić information content (AvgIpc) is 2.51. The molecule has 0 bridgehead atoms. The van der Waals surface area contributed by atoms with E-state index in [1.54, 1.807) is 20.4 Å². The molecule has 21 heavy (non-hydrogen) atoms. The number of halogens is 1. The summed E-state index contributed by atoms with van der Waals surface area (Å²) in [5.41, 5.74) is 2.22. The third-order valence-corrected chi connectivity index (χ3v) is 3.79. The van der Waals surface area contributed by atoms with E-state index in [1.807, 2.05) is 31.4 Å². The second kappa shape index (κ2) is 7.43. The van der Waals surface area contributed by atoms with Gasteiger partial charge in [0.2, 0.25) is 0 Å². The molecule has 0 radical (unpaired) electrons. The number of para-hydroxylation sites is 1. The third-order valence-electron chi connectivity index (χ3n) is 3.36. The molecule has 0 aliphatic carbocycles. The van der Waals surface area contributed by atoms with Crippen LogP contribution in [-0.2, 0) is 6.42 Å². The maximum atomic E-state index is 5.52. The largest absolute Gasteiger partial charge is 0.493 e. The molecular formula is C16H19BrN2O2. The van der Waals surface area contributed by atoms with Crippen molar-refractivity contribution in [3.8, 4) is 11.5 Å². The molecule has 0 spiro atoms. The highest BCUT2D eigenvalue weighted by atomic mass is 79.9. The zero-order valence-corrected chi connectivity index (χ0v) is 14.0. The highest BCUT2D eigenvalue weighted by molar-refractivity contribution is 9.10. The fraction of sp³-hybridized carbons (Fsp3) is 0.312. The summed E-state index contributed by atoms with van der Waals surface area (Å²) < 4.78 is 11.9. The molecule has 2 rings (SSSR count). The molecular weight excluding hydrogens is 332 g/mol. The molecule has 0 saturated carbocycles. The number of nitrogens with zero attached hydrogens (tertiary/aromatic N) is 1. The van der Waals surface area contributed by atoms with E-state index >= 15 is 0 Å². The van der Waals surface area contributed by atoms with Crippen LogP contribution in [0.2, 0.25) is 0 Å². The number of aromatic nitrogens is 1. The molecule has 5 heteroatoms. The summed E-state index contributed by atoms with van der Waals surface area (Å²) >= 11 is 3.45. The molecule has 0 amide bonds. The second-order valence-electron chi connectivity index (χ2n) is 4.64. The van der Waals surface area contributed by atoms with Crippen LogP contribution in [0.3, 0.4) is 0 Å². The van der Waals surface area contributed by atoms with Crippen molar-refractivity contribution in [2.24, 2.45) is 0 Å². The van der Waals surface area contributed by atoms with Crippen molar-refractivity contribution in [3.05, 3.63) is 52.3 Å². The smallest absolute Gasteiger partial charge is 0.165 e. The summed E-state index contributed by atoms with van der Waals surface area (Å²) in [4.78, 5) is 4.21. The Labute approximate surface area is 133 Å². The molecule has 0 aliphatic heterocycles. The van der Waals surface area contributed by atoms with Gasteiger partial charge in [-0.05, 0) is 47.1 Å². The van der Waals surface area contributed by atoms with Crippen molar-refractivity contribution < 1.29 is 9.47 Å². The van der Waals surface area contributed by atoms with Crippen molar-refractivity contribution >= 4 is 15.9 Å². The van der Waals surface area contributed by atoms with Gasteiger partial charge in [-0.25, -0.2) is 0 Å². The Bertz CT molecular complexity index is 605. The van der Waals surface area contributed by atoms with E-state index in [9.17, 15) is 0 Å². The van der Waals surface area contributed by atoms with Gasteiger partial charge in [0.05, 0.1) is 14.2 Å². The molecule has 1 atom stereocenters. The predicted molar refractivity (Wildman–Crippen MR) is 87.0 cm³/mol. The Morgan fingerprint density at radius 1 is 1.24 bits per heavy atom. The molecule has 2 aromatic rings. The molecule has 0 aliphatic rings. The van der Waals surface area contributed by atoms with Gasteiger partial charge < -0.3 is 14.8 Å². The Morgan fingerprint density at radius 3 is 2.67 bits per heavy atom. The van der Waals surface area contributed by atoms with Crippen LogP contribution in [0, 0.1) is 0 Å². The summed E-state index contributed by atoms with van der Waals surface area (Å²) in [5, 5.41) is 3.33. The lowest BCUT2D eigenvalue weighted by Crippen LogP contribution is -2.20. The Hall–Kier alpha value is -1.59. The van der Waals surface area contributed by atoms with Gasteiger partial charge >= 0.3 is 0 Å². The van der Waals surface area contributed by atoms with Crippen LogP contribution < -0.4 is 14.8 Å². The van der Waals surface area contributed by atoms with E-state index in [-0.39, 0.29) is 6.04 Å². The second-order valence-corrected chi connectivity index (χ2v) is 5.56. The number of nitrogens with one attached hydrogen (secondary N) is 1. The number of ether oxygens (including phenoxy) is 2. The van der Waals surface area contributed by atoms with E-state index in [0.29, 0.717) is 0 Å². The Morgan fingerprint density at radius 2 is 2.05 bits per heavy atom.